The van der Waals surface area contributed by atoms with Crippen LogP contribution in [-0.4, -0.2) is 23.6 Å². The summed E-state index contributed by atoms with van der Waals surface area (Å²) in [7, 11) is -9.73. The second-order valence-electron chi connectivity index (χ2n) is 6.40. The highest BCUT2D eigenvalue weighted by atomic mass is 32.3. The third-order valence-corrected chi connectivity index (χ3v) is 8.34. The molecule has 6 nitrogen and oxygen atoms in total. The van der Waals surface area contributed by atoms with Crippen LogP contribution in [0, 0.1) is 29.1 Å². The minimum Gasteiger partial charge on any atom is -0.211 e. The molecule has 1 aliphatic carbocycles. The molecule has 1 rings (SSSR count). The average Bonchev–Trinajstić information content (AvgIpc) is 2.58. The smallest absolute Gasteiger partial charge is 0.211 e. The molecule has 0 N–H and O–H groups in total. The monoisotopic (exact) mass is 404 g/mol. The number of hydrogen-bond acceptors (Lipinski definition) is 5. The maximum absolute atomic E-state index is 12.5. The SMILES string of the molecule is CCC(CC(C)C#N)C1CCC(S(=O)(=O)N=S(=O)(OF)C(F)F)CC1. The quantitative estimate of drug-likeness (QED) is 0.610. The van der Waals surface area contributed by atoms with Crippen molar-refractivity contribution in [3.05, 3.63) is 0 Å². The highest BCUT2D eigenvalue weighted by molar-refractivity contribution is 8.01. The Kier molecular flexibility index (Phi) is 8.15. The van der Waals surface area contributed by atoms with Gasteiger partial charge < -0.3 is 0 Å². The minimum atomic E-state index is -5.20. The van der Waals surface area contributed by atoms with E-state index < -0.39 is 31.0 Å². The van der Waals surface area contributed by atoms with Gasteiger partial charge in [-0.3, -0.25) is 0 Å². The summed E-state index contributed by atoms with van der Waals surface area (Å²) in [6, 6.07) is 2.18. The third-order valence-electron chi connectivity index (χ3n) is 4.73. The van der Waals surface area contributed by atoms with Crippen LogP contribution in [0.4, 0.5) is 13.3 Å². The van der Waals surface area contributed by atoms with E-state index in [0.717, 1.165) is 6.42 Å². The number of halogens is 3. The van der Waals surface area contributed by atoms with Crippen molar-refractivity contribution in [1.29, 1.82) is 5.26 Å². The summed E-state index contributed by atoms with van der Waals surface area (Å²) >= 11 is 0. The van der Waals surface area contributed by atoms with E-state index in [2.05, 4.69) is 14.2 Å². The number of rotatable bonds is 8. The van der Waals surface area contributed by atoms with Gasteiger partial charge in [-0.1, -0.05) is 21.5 Å². The lowest BCUT2D eigenvalue weighted by atomic mass is 9.75. The normalized spacial score (nSPS) is 26.4. The summed E-state index contributed by atoms with van der Waals surface area (Å²) in [5.74, 6) is -3.46. The van der Waals surface area contributed by atoms with Crippen molar-refractivity contribution in [2.45, 2.75) is 63.4 Å². The maximum Gasteiger partial charge on any atom is 0.346 e. The summed E-state index contributed by atoms with van der Waals surface area (Å²) in [6.45, 7) is 3.83. The van der Waals surface area contributed by atoms with Crippen LogP contribution in [0.2, 0.25) is 0 Å². The molecule has 25 heavy (non-hydrogen) atoms. The Morgan fingerprint density at radius 3 is 2.20 bits per heavy atom. The standard InChI is InChI=1S/C14H23F3N2O4S2/c1-3-11(8-10(2)9-18)12-4-6-13(7-5-12)24(20,21)19-25(22,23-17)14(15)16/h10-14H,3-8H2,1-2H3. The van der Waals surface area contributed by atoms with Crippen LogP contribution in [0.5, 0.6) is 0 Å². The van der Waals surface area contributed by atoms with Crippen LogP contribution in [-0.2, 0) is 24.4 Å². The number of hydrogen-bond donors (Lipinski definition) is 0. The van der Waals surface area contributed by atoms with Crippen molar-refractivity contribution in [1.82, 2.24) is 0 Å². The molecule has 0 heterocycles. The summed E-state index contributed by atoms with van der Waals surface area (Å²) in [5.41, 5.74) is 0. The van der Waals surface area contributed by atoms with Gasteiger partial charge >= 0.3 is 5.76 Å². The maximum atomic E-state index is 12.5. The zero-order chi connectivity index (χ0) is 19.3. The first-order chi connectivity index (χ1) is 11.6. The van der Waals surface area contributed by atoms with Gasteiger partial charge in [-0.05, 0) is 55.4 Å². The van der Waals surface area contributed by atoms with Crippen LogP contribution in [0.15, 0.2) is 3.77 Å². The van der Waals surface area contributed by atoms with E-state index in [1.807, 2.05) is 13.8 Å². The molecule has 0 saturated heterocycles. The van der Waals surface area contributed by atoms with Crippen LogP contribution in [0.25, 0.3) is 0 Å². The summed E-state index contributed by atoms with van der Waals surface area (Å²) in [6.07, 6.45) is 2.96. The Balaban J connectivity index is 2.83. The molecule has 1 fully saturated rings. The van der Waals surface area contributed by atoms with Crippen molar-refractivity contribution in [3.8, 4) is 6.07 Å². The second kappa shape index (κ2) is 9.19. The predicted molar refractivity (Wildman–Crippen MR) is 86.6 cm³/mol. The molecule has 3 atom stereocenters. The molecule has 0 aromatic carbocycles. The molecule has 146 valence electrons. The minimum absolute atomic E-state index is 0.0983. The molecule has 11 heteroatoms. The fourth-order valence-electron chi connectivity index (χ4n) is 3.33. The Labute approximate surface area is 147 Å². The van der Waals surface area contributed by atoms with E-state index in [0.29, 0.717) is 19.3 Å². The average molecular weight is 404 g/mol. The first kappa shape index (κ1) is 22.2. The molecule has 1 aliphatic rings. The van der Waals surface area contributed by atoms with Gasteiger partial charge in [-0.15, -0.1) is 0 Å². The van der Waals surface area contributed by atoms with Crippen LogP contribution < -0.4 is 0 Å². The lowest BCUT2D eigenvalue weighted by Gasteiger charge is -2.33. The summed E-state index contributed by atoms with van der Waals surface area (Å²) in [4.78, 5) is 0. The fourth-order valence-corrected chi connectivity index (χ4v) is 6.25. The number of nitriles is 1. The third kappa shape index (κ3) is 5.82. The molecule has 0 radical (unpaired) electrons. The van der Waals surface area contributed by atoms with Gasteiger partial charge in [0.05, 0.1) is 11.3 Å². The number of sulfonamides is 1. The first-order valence-corrected chi connectivity index (χ1v) is 11.1. The number of nitrogens with zero attached hydrogens (tertiary/aromatic N) is 2. The van der Waals surface area contributed by atoms with E-state index in [9.17, 15) is 25.9 Å². The largest absolute Gasteiger partial charge is 0.346 e. The molecule has 1 saturated carbocycles. The zero-order valence-electron chi connectivity index (χ0n) is 14.1. The Morgan fingerprint density at radius 2 is 1.80 bits per heavy atom. The lowest BCUT2D eigenvalue weighted by Crippen LogP contribution is -2.30. The second-order valence-corrected chi connectivity index (χ2v) is 10.2. The van der Waals surface area contributed by atoms with Crippen molar-refractivity contribution in [2.75, 3.05) is 0 Å². The molecular weight excluding hydrogens is 381 g/mol. The molecule has 0 amide bonds. The van der Waals surface area contributed by atoms with Gasteiger partial charge in [0.2, 0.25) is 0 Å². The Morgan fingerprint density at radius 1 is 1.24 bits per heavy atom. The van der Waals surface area contributed by atoms with Gasteiger partial charge in [0.15, 0.2) is 0 Å². The lowest BCUT2D eigenvalue weighted by molar-refractivity contribution is -0.000791. The van der Waals surface area contributed by atoms with Crippen molar-refractivity contribution in [3.63, 3.8) is 0 Å². The number of alkyl halides is 2. The van der Waals surface area contributed by atoms with E-state index >= 15 is 0 Å². The van der Waals surface area contributed by atoms with E-state index in [1.165, 1.54) is 0 Å². The van der Waals surface area contributed by atoms with E-state index in [-0.39, 0.29) is 30.6 Å². The molecule has 3 unspecified atom stereocenters. The van der Waals surface area contributed by atoms with Gasteiger partial charge in [0.1, 0.15) is 0 Å². The summed E-state index contributed by atoms with van der Waals surface area (Å²) < 4.78 is 77.9. The van der Waals surface area contributed by atoms with Crippen molar-refractivity contribution in [2.24, 2.45) is 21.5 Å². The fraction of sp³-hybridized carbons (Fsp3) is 0.929. The van der Waals surface area contributed by atoms with Crippen LogP contribution >= 0.6 is 0 Å². The van der Waals surface area contributed by atoms with Gasteiger partial charge in [0, 0.05) is 5.92 Å². The Hall–Kier alpha value is -0.860. The highest BCUT2D eigenvalue weighted by Gasteiger charge is 2.37. The van der Waals surface area contributed by atoms with Gasteiger partial charge in [-0.25, -0.2) is 12.6 Å². The Bertz CT molecular complexity index is 691. The van der Waals surface area contributed by atoms with Gasteiger partial charge in [0.25, 0.3) is 20.0 Å². The van der Waals surface area contributed by atoms with E-state index in [1.54, 1.807) is 0 Å². The van der Waals surface area contributed by atoms with Crippen molar-refractivity contribution < 1.29 is 30.3 Å². The molecular formula is C14H23F3N2O4S2. The van der Waals surface area contributed by atoms with Crippen LogP contribution in [0.1, 0.15) is 52.4 Å². The summed E-state index contributed by atoms with van der Waals surface area (Å²) in [5, 5.41) is 7.85. The topological polar surface area (TPSA) is 96.6 Å². The predicted octanol–water partition coefficient (Wildman–Crippen LogP) is 3.96. The van der Waals surface area contributed by atoms with Crippen LogP contribution in [0.3, 0.4) is 0 Å². The molecule has 0 aromatic rings. The zero-order valence-corrected chi connectivity index (χ0v) is 15.7. The molecule has 0 bridgehead atoms. The molecule has 0 aliphatic heterocycles. The molecule has 0 aromatic heterocycles. The van der Waals surface area contributed by atoms with Crippen molar-refractivity contribution >= 4 is 20.0 Å². The van der Waals surface area contributed by atoms with E-state index in [4.69, 9.17) is 5.26 Å². The molecule has 0 spiro atoms. The van der Waals surface area contributed by atoms with Gasteiger partial charge in [-0.2, -0.15) is 14.0 Å². The highest BCUT2D eigenvalue weighted by Crippen LogP contribution is 2.38. The first-order valence-electron chi connectivity index (χ1n) is 8.08.